The van der Waals surface area contributed by atoms with Crippen LogP contribution in [0.4, 0.5) is 0 Å². The van der Waals surface area contributed by atoms with Gasteiger partial charge in [-0.1, -0.05) is 0 Å². The van der Waals surface area contributed by atoms with E-state index in [1.807, 2.05) is 0 Å². The fraction of sp³-hybridized carbons (Fsp3) is 0.333. The first-order valence-electron chi connectivity index (χ1n) is 5.13. The van der Waals surface area contributed by atoms with E-state index in [0.29, 0.717) is 17.1 Å². The summed E-state index contributed by atoms with van der Waals surface area (Å²) in [6.45, 7) is -0.791. The normalized spacial score (nSPS) is 9.89. The van der Waals surface area contributed by atoms with Crippen molar-refractivity contribution >= 4 is 11.8 Å². The number of carbonyl (C=O) groups excluding carboxylic acids is 1. The van der Waals surface area contributed by atoms with Gasteiger partial charge < -0.3 is 19.3 Å². The van der Waals surface area contributed by atoms with Gasteiger partial charge in [-0.25, -0.2) is 4.79 Å². The van der Waals surface area contributed by atoms with Crippen LogP contribution in [0.3, 0.4) is 0 Å². The number of ether oxygens (including phenoxy) is 3. The molecule has 0 aliphatic carbocycles. The van der Waals surface area contributed by atoms with Crippen molar-refractivity contribution in [1.82, 2.24) is 0 Å². The molecule has 6 heteroatoms. The minimum absolute atomic E-state index is 0.290. The molecule has 0 heterocycles. The van der Waals surface area contributed by atoms with E-state index in [2.05, 4.69) is 0 Å². The number of hydrogen-bond donors (Lipinski definition) is 1. The van der Waals surface area contributed by atoms with Gasteiger partial charge in [-0.05, 0) is 18.2 Å². The van der Waals surface area contributed by atoms with Crippen molar-refractivity contribution in [2.24, 2.45) is 0 Å². The van der Waals surface area contributed by atoms with E-state index in [9.17, 15) is 9.59 Å². The Labute approximate surface area is 104 Å². The number of rotatable bonds is 7. The summed E-state index contributed by atoms with van der Waals surface area (Å²) in [5.74, 6) is -0.491. The number of aliphatic carboxylic acids is 1. The Kier molecular flexibility index (Phi) is 5.13. The van der Waals surface area contributed by atoms with Crippen LogP contribution in [0.2, 0.25) is 0 Å². The average molecular weight is 254 g/mol. The van der Waals surface area contributed by atoms with Gasteiger partial charge in [0, 0.05) is 5.56 Å². The van der Waals surface area contributed by atoms with Crippen LogP contribution >= 0.6 is 0 Å². The van der Waals surface area contributed by atoms with E-state index in [4.69, 9.17) is 19.3 Å². The number of ketones is 1. The number of methoxy groups -OCH3 is 2. The second kappa shape index (κ2) is 6.61. The molecule has 1 aromatic carbocycles. The maximum absolute atomic E-state index is 11.7. The molecule has 0 aliphatic heterocycles. The highest BCUT2D eigenvalue weighted by Gasteiger charge is 2.11. The summed E-state index contributed by atoms with van der Waals surface area (Å²) in [7, 11) is 2.96. The molecule has 0 fully saturated rings. The van der Waals surface area contributed by atoms with Crippen LogP contribution in [0.25, 0.3) is 0 Å². The summed E-state index contributed by atoms with van der Waals surface area (Å²) >= 11 is 0. The van der Waals surface area contributed by atoms with E-state index in [0.717, 1.165) is 0 Å². The van der Waals surface area contributed by atoms with Crippen LogP contribution in [-0.4, -0.2) is 44.3 Å². The monoisotopic (exact) mass is 254 g/mol. The highest BCUT2D eigenvalue weighted by Crippen LogP contribution is 2.27. The minimum atomic E-state index is -1.12. The Bertz CT molecular complexity index is 440. The van der Waals surface area contributed by atoms with Crippen LogP contribution in [0.1, 0.15) is 10.4 Å². The van der Waals surface area contributed by atoms with Crippen LogP contribution in [-0.2, 0) is 9.53 Å². The Morgan fingerprint density at radius 2 is 1.78 bits per heavy atom. The smallest absolute Gasteiger partial charge is 0.329 e. The van der Waals surface area contributed by atoms with Gasteiger partial charge in [-0.3, -0.25) is 4.79 Å². The van der Waals surface area contributed by atoms with Gasteiger partial charge in [0.1, 0.15) is 13.2 Å². The first-order valence-corrected chi connectivity index (χ1v) is 5.13. The van der Waals surface area contributed by atoms with Gasteiger partial charge >= 0.3 is 5.97 Å². The Morgan fingerprint density at radius 1 is 1.11 bits per heavy atom. The molecule has 6 nitrogen and oxygen atoms in total. The van der Waals surface area contributed by atoms with Gasteiger partial charge in [-0.2, -0.15) is 0 Å². The average Bonchev–Trinajstić information content (AvgIpc) is 2.37. The zero-order valence-corrected chi connectivity index (χ0v) is 10.1. The van der Waals surface area contributed by atoms with Crippen LogP contribution in [0, 0.1) is 0 Å². The van der Waals surface area contributed by atoms with Crippen molar-refractivity contribution in [3.63, 3.8) is 0 Å². The molecular weight excluding hydrogens is 240 g/mol. The molecule has 0 bridgehead atoms. The fourth-order valence-electron chi connectivity index (χ4n) is 1.32. The lowest BCUT2D eigenvalue weighted by Gasteiger charge is -2.08. The number of carbonyl (C=O) groups is 2. The summed E-state index contributed by atoms with van der Waals surface area (Å²) in [5.41, 5.74) is 0.373. The first-order chi connectivity index (χ1) is 8.58. The zero-order chi connectivity index (χ0) is 13.5. The lowest BCUT2D eigenvalue weighted by atomic mass is 10.1. The quantitative estimate of drug-likeness (QED) is 0.730. The Morgan fingerprint density at radius 3 is 2.33 bits per heavy atom. The molecule has 1 aromatic rings. The van der Waals surface area contributed by atoms with Crippen LogP contribution in [0.15, 0.2) is 18.2 Å². The minimum Gasteiger partial charge on any atom is -0.493 e. The van der Waals surface area contributed by atoms with Crippen LogP contribution in [0.5, 0.6) is 11.5 Å². The second-order valence-electron chi connectivity index (χ2n) is 3.38. The molecule has 18 heavy (non-hydrogen) atoms. The third kappa shape index (κ3) is 3.74. The molecule has 0 amide bonds. The van der Waals surface area contributed by atoms with Crippen LogP contribution < -0.4 is 9.47 Å². The van der Waals surface area contributed by atoms with E-state index >= 15 is 0 Å². The predicted octanol–water partition coefficient (Wildman–Crippen LogP) is 0.988. The van der Waals surface area contributed by atoms with Gasteiger partial charge in [0.25, 0.3) is 0 Å². The van der Waals surface area contributed by atoms with Gasteiger partial charge in [0.15, 0.2) is 17.3 Å². The fourth-order valence-corrected chi connectivity index (χ4v) is 1.32. The van der Waals surface area contributed by atoms with Crippen molar-refractivity contribution in [3.8, 4) is 11.5 Å². The summed E-state index contributed by atoms with van der Waals surface area (Å²) in [6.07, 6.45) is 0. The van der Waals surface area contributed by atoms with E-state index in [-0.39, 0.29) is 12.4 Å². The predicted molar refractivity (Wildman–Crippen MR) is 62.3 cm³/mol. The lowest BCUT2D eigenvalue weighted by molar-refractivity contribution is -0.141. The molecule has 0 atom stereocenters. The maximum Gasteiger partial charge on any atom is 0.329 e. The molecule has 0 spiro atoms. The molecule has 0 saturated carbocycles. The van der Waals surface area contributed by atoms with Crippen molar-refractivity contribution in [2.75, 3.05) is 27.4 Å². The number of carboxylic acid groups (broad SMARTS) is 1. The van der Waals surface area contributed by atoms with Gasteiger partial charge in [0.05, 0.1) is 14.2 Å². The lowest BCUT2D eigenvalue weighted by Crippen LogP contribution is -2.14. The van der Waals surface area contributed by atoms with Crippen molar-refractivity contribution in [3.05, 3.63) is 23.8 Å². The SMILES string of the molecule is COc1ccc(C(=O)COCC(=O)O)cc1OC. The third-order valence-corrected chi connectivity index (χ3v) is 2.16. The molecule has 0 aliphatic rings. The third-order valence-electron chi connectivity index (χ3n) is 2.16. The maximum atomic E-state index is 11.7. The standard InChI is InChI=1S/C12H14O6/c1-16-10-4-3-8(5-11(10)17-2)9(13)6-18-7-12(14)15/h3-5H,6-7H2,1-2H3,(H,14,15). The number of Topliss-reactive ketones (excluding diaryl/α,β-unsaturated/α-hetero) is 1. The molecule has 0 aromatic heterocycles. The summed E-state index contributed by atoms with van der Waals surface area (Å²) < 4.78 is 14.8. The summed E-state index contributed by atoms with van der Waals surface area (Å²) in [6, 6.07) is 4.68. The Hall–Kier alpha value is -2.08. The second-order valence-corrected chi connectivity index (χ2v) is 3.38. The topological polar surface area (TPSA) is 82.1 Å². The number of benzene rings is 1. The van der Waals surface area contributed by atoms with Gasteiger partial charge in [-0.15, -0.1) is 0 Å². The summed E-state index contributed by atoms with van der Waals surface area (Å²) in [5, 5.41) is 8.37. The van der Waals surface area contributed by atoms with E-state index < -0.39 is 12.6 Å². The van der Waals surface area contributed by atoms with E-state index in [1.54, 1.807) is 12.1 Å². The molecule has 0 radical (unpaired) electrons. The molecule has 1 rings (SSSR count). The van der Waals surface area contributed by atoms with Gasteiger partial charge in [0.2, 0.25) is 0 Å². The van der Waals surface area contributed by atoms with Crippen molar-refractivity contribution in [1.29, 1.82) is 0 Å². The molecule has 0 unspecified atom stereocenters. The first kappa shape index (κ1) is 14.0. The zero-order valence-electron chi connectivity index (χ0n) is 10.1. The van der Waals surface area contributed by atoms with Crippen molar-refractivity contribution in [2.45, 2.75) is 0 Å². The highest BCUT2D eigenvalue weighted by atomic mass is 16.5. The molecule has 0 saturated heterocycles. The van der Waals surface area contributed by atoms with E-state index in [1.165, 1.54) is 20.3 Å². The highest BCUT2D eigenvalue weighted by molar-refractivity contribution is 5.97. The van der Waals surface area contributed by atoms with Crippen molar-refractivity contribution < 1.29 is 28.9 Å². The molecule has 1 N–H and O–H groups in total. The largest absolute Gasteiger partial charge is 0.493 e. The number of carboxylic acids is 1. The number of hydrogen-bond acceptors (Lipinski definition) is 5. The summed E-state index contributed by atoms with van der Waals surface area (Å²) in [4.78, 5) is 21.9. The molecular formula is C12H14O6. The Balaban J connectivity index is 2.71. The molecule has 98 valence electrons.